The Labute approximate surface area is 123 Å². The third kappa shape index (κ3) is 2.65. The van der Waals surface area contributed by atoms with Crippen molar-refractivity contribution in [3.63, 3.8) is 0 Å². The van der Waals surface area contributed by atoms with Crippen LogP contribution in [0.25, 0.3) is 10.9 Å². The first-order chi connectivity index (χ1) is 9.41. The molecule has 0 saturated carbocycles. The van der Waals surface area contributed by atoms with Crippen molar-refractivity contribution in [2.24, 2.45) is 12.8 Å². The molecular weight excluding hydrogens is 272 g/mol. The third-order valence-electron chi connectivity index (χ3n) is 3.17. The van der Waals surface area contributed by atoms with Crippen LogP contribution in [0.5, 0.6) is 0 Å². The minimum atomic E-state index is -0.149. The van der Waals surface area contributed by atoms with E-state index in [0.29, 0.717) is 10.7 Å². The summed E-state index contributed by atoms with van der Waals surface area (Å²) in [4.78, 5) is 14.6. The Morgan fingerprint density at radius 1 is 1.45 bits per heavy atom. The van der Waals surface area contributed by atoms with Crippen LogP contribution in [0.3, 0.4) is 0 Å². The minimum Gasteiger partial charge on any atom is -0.392 e. The SMILES string of the molecule is CC(C)N(CC(N)=S)C(=O)c1nn(C)c2ccccc12. The van der Waals surface area contributed by atoms with E-state index in [0.717, 1.165) is 10.9 Å². The van der Waals surface area contributed by atoms with Gasteiger partial charge in [0, 0.05) is 18.5 Å². The second-order valence-electron chi connectivity index (χ2n) is 4.98. The number of nitrogens with two attached hydrogens (primary N) is 1. The molecule has 2 rings (SSSR count). The Morgan fingerprint density at radius 2 is 2.10 bits per heavy atom. The molecule has 1 aromatic heterocycles. The Morgan fingerprint density at radius 3 is 2.70 bits per heavy atom. The first-order valence-corrected chi connectivity index (χ1v) is 6.83. The molecule has 0 aliphatic rings. The lowest BCUT2D eigenvalue weighted by Crippen LogP contribution is -2.42. The molecule has 0 fully saturated rings. The molecule has 6 heteroatoms. The number of aromatic nitrogens is 2. The van der Waals surface area contributed by atoms with E-state index in [9.17, 15) is 4.79 Å². The Bertz CT molecular complexity index is 662. The molecule has 0 bridgehead atoms. The number of carbonyl (C=O) groups is 1. The van der Waals surface area contributed by atoms with Gasteiger partial charge >= 0.3 is 0 Å². The van der Waals surface area contributed by atoms with Gasteiger partial charge in [-0.2, -0.15) is 5.10 Å². The van der Waals surface area contributed by atoms with E-state index in [1.807, 2.05) is 45.2 Å². The predicted molar refractivity (Wildman–Crippen MR) is 83.7 cm³/mol. The quantitative estimate of drug-likeness (QED) is 0.871. The average molecular weight is 290 g/mol. The first-order valence-electron chi connectivity index (χ1n) is 6.42. The fraction of sp³-hybridized carbons (Fsp3) is 0.357. The molecule has 0 radical (unpaired) electrons. The second-order valence-corrected chi connectivity index (χ2v) is 5.51. The van der Waals surface area contributed by atoms with Gasteiger partial charge in [0.2, 0.25) is 0 Å². The number of fused-ring (bicyclic) bond motifs is 1. The number of hydrogen-bond donors (Lipinski definition) is 1. The molecule has 0 spiro atoms. The highest BCUT2D eigenvalue weighted by Gasteiger charge is 2.24. The molecule has 0 unspecified atom stereocenters. The molecule has 20 heavy (non-hydrogen) atoms. The van der Waals surface area contributed by atoms with E-state index in [1.54, 1.807) is 9.58 Å². The average Bonchev–Trinajstić information content (AvgIpc) is 2.73. The number of thiocarbonyl (C=S) groups is 1. The monoisotopic (exact) mass is 290 g/mol. The molecular formula is C14H18N4OS. The molecule has 2 N–H and O–H groups in total. The predicted octanol–water partition coefficient (Wildman–Crippen LogP) is 1.71. The third-order valence-corrected chi connectivity index (χ3v) is 3.30. The number of amides is 1. The number of aryl methyl sites for hydroxylation is 1. The van der Waals surface area contributed by atoms with Crippen molar-refractivity contribution in [1.29, 1.82) is 0 Å². The number of benzene rings is 1. The van der Waals surface area contributed by atoms with Crippen LogP contribution in [0.1, 0.15) is 24.3 Å². The van der Waals surface area contributed by atoms with Crippen molar-refractivity contribution in [3.05, 3.63) is 30.0 Å². The van der Waals surface area contributed by atoms with Gasteiger partial charge in [-0.25, -0.2) is 0 Å². The molecule has 0 saturated heterocycles. The van der Waals surface area contributed by atoms with E-state index in [4.69, 9.17) is 18.0 Å². The zero-order chi connectivity index (χ0) is 14.9. The maximum atomic E-state index is 12.7. The first kappa shape index (κ1) is 14.5. The van der Waals surface area contributed by atoms with Crippen LogP contribution < -0.4 is 5.73 Å². The molecule has 1 amide bonds. The Balaban J connectivity index is 2.46. The van der Waals surface area contributed by atoms with Crippen LogP contribution in [0, 0.1) is 0 Å². The smallest absolute Gasteiger partial charge is 0.275 e. The number of carbonyl (C=O) groups excluding carboxylic acids is 1. The molecule has 0 aliphatic heterocycles. The zero-order valence-corrected chi connectivity index (χ0v) is 12.6. The molecule has 0 atom stereocenters. The maximum absolute atomic E-state index is 12.7. The van der Waals surface area contributed by atoms with E-state index >= 15 is 0 Å². The van der Waals surface area contributed by atoms with Gasteiger partial charge in [0.15, 0.2) is 5.69 Å². The minimum absolute atomic E-state index is 0.00442. The van der Waals surface area contributed by atoms with Crippen molar-refractivity contribution in [3.8, 4) is 0 Å². The van der Waals surface area contributed by atoms with E-state index in [-0.39, 0.29) is 18.5 Å². The van der Waals surface area contributed by atoms with Crippen molar-refractivity contribution in [2.45, 2.75) is 19.9 Å². The van der Waals surface area contributed by atoms with Gasteiger partial charge in [0.25, 0.3) is 5.91 Å². The summed E-state index contributed by atoms with van der Waals surface area (Å²) in [6.45, 7) is 4.12. The summed E-state index contributed by atoms with van der Waals surface area (Å²) in [5.41, 5.74) is 6.94. The van der Waals surface area contributed by atoms with E-state index < -0.39 is 0 Å². The Kier molecular flexibility index (Phi) is 4.04. The van der Waals surface area contributed by atoms with Gasteiger partial charge in [-0.05, 0) is 19.9 Å². The van der Waals surface area contributed by atoms with Gasteiger partial charge in [0.05, 0.1) is 17.0 Å². The summed E-state index contributed by atoms with van der Waals surface area (Å²) in [5, 5.41) is 5.18. The topological polar surface area (TPSA) is 64.2 Å². The van der Waals surface area contributed by atoms with Crippen LogP contribution in [0.15, 0.2) is 24.3 Å². The van der Waals surface area contributed by atoms with Crippen LogP contribution in [-0.4, -0.2) is 38.2 Å². The van der Waals surface area contributed by atoms with Gasteiger partial charge in [-0.15, -0.1) is 0 Å². The van der Waals surface area contributed by atoms with Crippen molar-refractivity contribution >= 4 is 34.0 Å². The van der Waals surface area contributed by atoms with Crippen LogP contribution in [0.2, 0.25) is 0 Å². The Hall–Kier alpha value is -1.95. The largest absolute Gasteiger partial charge is 0.392 e. The molecule has 5 nitrogen and oxygen atoms in total. The number of para-hydroxylation sites is 1. The lowest BCUT2D eigenvalue weighted by molar-refractivity contribution is 0.0731. The van der Waals surface area contributed by atoms with Crippen LogP contribution in [-0.2, 0) is 7.05 Å². The highest BCUT2D eigenvalue weighted by atomic mass is 32.1. The molecule has 1 aromatic carbocycles. The number of rotatable bonds is 4. The molecule has 2 aromatic rings. The summed E-state index contributed by atoms with van der Waals surface area (Å²) < 4.78 is 1.71. The van der Waals surface area contributed by atoms with Gasteiger partial charge in [0.1, 0.15) is 0 Å². The molecule has 0 aliphatic carbocycles. The number of hydrogen-bond acceptors (Lipinski definition) is 3. The van der Waals surface area contributed by atoms with Gasteiger partial charge in [-0.3, -0.25) is 9.48 Å². The van der Waals surface area contributed by atoms with Crippen LogP contribution in [0.4, 0.5) is 0 Å². The van der Waals surface area contributed by atoms with Crippen LogP contribution >= 0.6 is 12.2 Å². The lowest BCUT2D eigenvalue weighted by atomic mass is 10.2. The summed E-state index contributed by atoms with van der Waals surface area (Å²) in [6.07, 6.45) is 0. The van der Waals surface area contributed by atoms with E-state index in [2.05, 4.69) is 5.10 Å². The fourth-order valence-electron chi connectivity index (χ4n) is 2.16. The highest BCUT2D eigenvalue weighted by Crippen LogP contribution is 2.19. The molecule has 106 valence electrons. The number of nitrogens with zero attached hydrogens (tertiary/aromatic N) is 3. The lowest BCUT2D eigenvalue weighted by Gasteiger charge is -2.25. The van der Waals surface area contributed by atoms with Crippen molar-refractivity contribution in [1.82, 2.24) is 14.7 Å². The molecule has 1 heterocycles. The highest BCUT2D eigenvalue weighted by molar-refractivity contribution is 7.80. The standard InChI is InChI=1S/C14H18N4OS/c1-9(2)18(8-12(15)20)14(19)13-10-6-4-5-7-11(10)17(3)16-13/h4-7,9H,8H2,1-3H3,(H2,15,20). The second kappa shape index (κ2) is 5.58. The van der Waals surface area contributed by atoms with Crippen molar-refractivity contribution < 1.29 is 4.79 Å². The van der Waals surface area contributed by atoms with E-state index in [1.165, 1.54) is 0 Å². The maximum Gasteiger partial charge on any atom is 0.275 e. The summed E-state index contributed by atoms with van der Waals surface area (Å²) >= 11 is 4.92. The zero-order valence-electron chi connectivity index (χ0n) is 11.8. The van der Waals surface area contributed by atoms with Crippen molar-refractivity contribution in [2.75, 3.05) is 6.54 Å². The normalized spacial score (nSPS) is 11.0. The summed E-state index contributed by atoms with van der Waals surface area (Å²) in [5.74, 6) is -0.149. The van der Waals surface area contributed by atoms with Gasteiger partial charge in [-0.1, -0.05) is 30.4 Å². The fourth-order valence-corrected chi connectivity index (χ4v) is 2.30. The summed E-state index contributed by atoms with van der Waals surface area (Å²) in [6, 6.07) is 7.66. The summed E-state index contributed by atoms with van der Waals surface area (Å²) in [7, 11) is 1.83. The van der Waals surface area contributed by atoms with Gasteiger partial charge < -0.3 is 10.6 Å².